The number of rotatable bonds is 4. The molecule has 2 heterocycles. The van der Waals surface area contributed by atoms with E-state index in [-0.39, 0.29) is 18.0 Å². The molecular weight excluding hydrogens is 335 g/mol. The Balaban J connectivity index is 2.34. The molecule has 0 radical (unpaired) electrons. The summed E-state index contributed by atoms with van der Waals surface area (Å²) < 4.78 is 63.8. The number of sulfonamides is 1. The van der Waals surface area contributed by atoms with E-state index in [0.717, 1.165) is 10.4 Å². The van der Waals surface area contributed by atoms with Gasteiger partial charge in [0.05, 0.1) is 0 Å². The summed E-state index contributed by atoms with van der Waals surface area (Å²) in [5.74, 6) is -0.401. The van der Waals surface area contributed by atoms with E-state index in [9.17, 15) is 26.4 Å². The molecule has 0 bridgehead atoms. The SMILES string of the molecule is CCC[C@H]1C(=O)NCCN1S(=O)(=O)c1ccc(C(F)(F)F)nc1. The van der Waals surface area contributed by atoms with Crippen molar-refractivity contribution in [2.75, 3.05) is 13.1 Å². The van der Waals surface area contributed by atoms with Gasteiger partial charge in [-0.05, 0) is 18.6 Å². The maximum atomic E-state index is 12.6. The summed E-state index contributed by atoms with van der Waals surface area (Å²) >= 11 is 0. The minimum Gasteiger partial charge on any atom is -0.353 e. The number of halogens is 3. The maximum absolute atomic E-state index is 12.6. The number of piperazine rings is 1. The van der Waals surface area contributed by atoms with Crippen LogP contribution in [0.1, 0.15) is 25.5 Å². The highest BCUT2D eigenvalue weighted by atomic mass is 32.2. The molecule has 1 aromatic heterocycles. The molecule has 0 saturated carbocycles. The first-order valence-electron chi connectivity index (χ1n) is 7.00. The molecule has 1 fully saturated rings. The van der Waals surface area contributed by atoms with Crippen molar-refractivity contribution in [2.45, 2.75) is 36.9 Å². The largest absolute Gasteiger partial charge is 0.433 e. The van der Waals surface area contributed by atoms with E-state index in [1.54, 1.807) is 0 Å². The van der Waals surface area contributed by atoms with Crippen molar-refractivity contribution in [3.05, 3.63) is 24.0 Å². The molecule has 2 rings (SSSR count). The fourth-order valence-corrected chi connectivity index (χ4v) is 3.93. The first-order chi connectivity index (χ1) is 10.7. The van der Waals surface area contributed by atoms with Crippen molar-refractivity contribution in [3.63, 3.8) is 0 Å². The molecule has 6 nitrogen and oxygen atoms in total. The zero-order chi connectivity index (χ0) is 17.3. The molecule has 0 aromatic carbocycles. The number of pyridine rings is 1. The molecule has 23 heavy (non-hydrogen) atoms. The third kappa shape index (κ3) is 3.63. The average molecular weight is 351 g/mol. The van der Waals surface area contributed by atoms with Crippen molar-refractivity contribution >= 4 is 15.9 Å². The van der Waals surface area contributed by atoms with E-state index in [0.29, 0.717) is 25.1 Å². The van der Waals surface area contributed by atoms with E-state index >= 15 is 0 Å². The van der Waals surface area contributed by atoms with Crippen LogP contribution in [0.25, 0.3) is 0 Å². The molecule has 0 unspecified atom stereocenters. The second-order valence-electron chi connectivity index (χ2n) is 5.09. The van der Waals surface area contributed by atoms with Crippen LogP contribution in [0.3, 0.4) is 0 Å². The third-order valence-corrected chi connectivity index (χ3v) is 5.37. The number of alkyl halides is 3. The smallest absolute Gasteiger partial charge is 0.353 e. The summed E-state index contributed by atoms with van der Waals surface area (Å²) in [5, 5.41) is 2.59. The Morgan fingerprint density at radius 2 is 2.09 bits per heavy atom. The Hall–Kier alpha value is -1.68. The Bertz CT molecular complexity index is 674. The predicted molar refractivity (Wildman–Crippen MR) is 74.8 cm³/mol. The number of aromatic nitrogens is 1. The second-order valence-corrected chi connectivity index (χ2v) is 6.98. The van der Waals surface area contributed by atoms with Crippen LogP contribution in [0.5, 0.6) is 0 Å². The lowest BCUT2D eigenvalue weighted by molar-refractivity contribution is -0.141. The zero-order valence-electron chi connectivity index (χ0n) is 12.3. The van der Waals surface area contributed by atoms with Crippen LogP contribution in [0.4, 0.5) is 13.2 Å². The lowest BCUT2D eigenvalue weighted by Gasteiger charge is -2.33. The van der Waals surface area contributed by atoms with E-state index in [4.69, 9.17) is 0 Å². The van der Waals surface area contributed by atoms with Gasteiger partial charge < -0.3 is 5.32 Å². The van der Waals surface area contributed by atoms with E-state index in [1.807, 2.05) is 6.92 Å². The van der Waals surface area contributed by atoms with Gasteiger partial charge in [-0.25, -0.2) is 8.42 Å². The fourth-order valence-electron chi connectivity index (χ4n) is 2.37. The van der Waals surface area contributed by atoms with Crippen molar-refractivity contribution in [3.8, 4) is 0 Å². The highest BCUT2D eigenvalue weighted by Gasteiger charge is 2.38. The first kappa shape index (κ1) is 17.7. The predicted octanol–water partition coefficient (Wildman–Crippen LogP) is 1.39. The van der Waals surface area contributed by atoms with Gasteiger partial charge >= 0.3 is 6.18 Å². The molecule has 1 saturated heterocycles. The topological polar surface area (TPSA) is 79.4 Å². The summed E-state index contributed by atoms with van der Waals surface area (Å²) in [6.07, 6.45) is -3.04. The van der Waals surface area contributed by atoms with Crippen LogP contribution in [0, 0.1) is 0 Å². The van der Waals surface area contributed by atoms with Crippen LogP contribution < -0.4 is 5.32 Å². The Morgan fingerprint density at radius 1 is 1.39 bits per heavy atom. The summed E-state index contributed by atoms with van der Waals surface area (Å²) in [7, 11) is -4.09. The molecule has 1 aromatic rings. The lowest BCUT2D eigenvalue weighted by atomic mass is 10.1. The Morgan fingerprint density at radius 3 is 2.61 bits per heavy atom. The number of hydrogen-bond donors (Lipinski definition) is 1. The first-order valence-corrected chi connectivity index (χ1v) is 8.44. The minimum absolute atomic E-state index is 0.0692. The normalized spacial score (nSPS) is 20.3. The lowest BCUT2D eigenvalue weighted by Crippen LogP contribution is -2.56. The van der Waals surface area contributed by atoms with Gasteiger partial charge in [-0.1, -0.05) is 13.3 Å². The Kier molecular flexibility index (Phi) is 4.95. The van der Waals surface area contributed by atoms with Crippen molar-refractivity contribution in [1.29, 1.82) is 0 Å². The molecule has 1 N–H and O–H groups in total. The van der Waals surface area contributed by atoms with Crippen molar-refractivity contribution < 1.29 is 26.4 Å². The quantitative estimate of drug-likeness (QED) is 0.889. The van der Waals surface area contributed by atoms with Gasteiger partial charge in [0.15, 0.2) is 0 Å². The van der Waals surface area contributed by atoms with E-state index < -0.39 is 33.8 Å². The van der Waals surface area contributed by atoms with Gasteiger partial charge in [0.1, 0.15) is 16.6 Å². The summed E-state index contributed by atoms with van der Waals surface area (Å²) in [5.41, 5.74) is -1.17. The van der Waals surface area contributed by atoms with Gasteiger partial charge in [-0.2, -0.15) is 17.5 Å². The molecule has 0 spiro atoms. The molecule has 1 atom stereocenters. The molecule has 128 valence electrons. The molecule has 1 aliphatic heterocycles. The maximum Gasteiger partial charge on any atom is 0.433 e. The van der Waals surface area contributed by atoms with Crippen LogP contribution in [-0.2, 0) is 21.0 Å². The third-order valence-electron chi connectivity index (χ3n) is 3.48. The molecule has 1 aliphatic rings. The number of hydrogen-bond acceptors (Lipinski definition) is 4. The fraction of sp³-hybridized carbons (Fsp3) is 0.538. The second kappa shape index (κ2) is 6.44. The van der Waals surface area contributed by atoms with Gasteiger partial charge in [0, 0.05) is 19.3 Å². The number of nitrogens with zero attached hydrogens (tertiary/aromatic N) is 2. The van der Waals surface area contributed by atoms with Crippen molar-refractivity contribution in [2.24, 2.45) is 0 Å². The molecule has 0 aliphatic carbocycles. The van der Waals surface area contributed by atoms with Crippen LogP contribution in [0.15, 0.2) is 23.2 Å². The molecule has 10 heteroatoms. The number of amides is 1. The highest BCUT2D eigenvalue weighted by molar-refractivity contribution is 7.89. The van der Waals surface area contributed by atoms with Gasteiger partial charge in [0.2, 0.25) is 15.9 Å². The van der Waals surface area contributed by atoms with E-state index in [2.05, 4.69) is 10.3 Å². The van der Waals surface area contributed by atoms with Crippen LogP contribution in [-0.4, -0.2) is 42.7 Å². The van der Waals surface area contributed by atoms with Crippen molar-refractivity contribution in [1.82, 2.24) is 14.6 Å². The van der Waals surface area contributed by atoms with Gasteiger partial charge in [0.25, 0.3) is 0 Å². The number of carbonyl (C=O) groups excluding carboxylic acids is 1. The minimum atomic E-state index is -4.64. The zero-order valence-corrected chi connectivity index (χ0v) is 13.1. The van der Waals surface area contributed by atoms with E-state index in [1.165, 1.54) is 0 Å². The highest BCUT2D eigenvalue weighted by Crippen LogP contribution is 2.29. The number of carbonyl (C=O) groups is 1. The summed E-state index contributed by atoms with van der Waals surface area (Å²) in [6, 6.07) is 0.618. The monoisotopic (exact) mass is 351 g/mol. The standard InChI is InChI=1S/C13H16F3N3O3S/c1-2-3-10-12(20)17-6-7-19(10)23(21,22)9-4-5-11(18-8-9)13(14,15)16/h4-5,8,10H,2-3,6-7H2,1H3,(H,17,20)/t10-/m0/s1. The van der Waals surface area contributed by atoms with Gasteiger partial charge in [-0.15, -0.1) is 0 Å². The van der Waals surface area contributed by atoms with Crippen LogP contribution >= 0.6 is 0 Å². The summed E-state index contributed by atoms with van der Waals surface area (Å²) in [6.45, 7) is 2.04. The molecule has 1 amide bonds. The van der Waals surface area contributed by atoms with Gasteiger partial charge in [-0.3, -0.25) is 9.78 Å². The Labute approximate surface area is 131 Å². The molecular formula is C13H16F3N3O3S. The average Bonchev–Trinajstić information content (AvgIpc) is 2.48. The number of nitrogens with one attached hydrogen (secondary N) is 1. The summed E-state index contributed by atoms with van der Waals surface area (Å²) in [4.78, 5) is 14.7. The van der Waals surface area contributed by atoms with Crippen LogP contribution in [0.2, 0.25) is 0 Å².